The predicted molar refractivity (Wildman–Crippen MR) is 74.3 cm³/mol. The van der Waals surface area contributed by atoms with Gasteiger partial charge >= 0.3 is 0 Å². The average molecular weight is 263 g/mol. The van der Waals surface area contributed by atoms with Crippen LogP contribution < -0.4 is 5.73 Å². The number of hydrogen-bond donors (Lipinski definition) is 1. The van der Waals surface area contributed by atoms with Crippen molar-refractivity contribution in [3.63, 3.8) is 0 Å². The van der Waals surface area contributed by atoms with E-state index in [-0.39, 0.29) is 30.3 Å². The van der Waals surface area contributed by atoms with Gasteiger partial charge in [-0.25, -0.2) is 0 Å². The number of rotatable bonds is 6. The Hall–Kier alpha value is -0.280. The van der Waals surface area contributed by atoms with Crippen LogP contribution in [0, 0.1) is 11.8 Å². The minimum Gasteiger partial charge on any atom is -0.339 e. The first-order valence-electron chi connectivity index (χ1n) is 6.49. The molecule has 3 nitrogen and oxygen atoms in total. The Labute approximate surface area is 112 Å². The first-order chi connectivity index (χ1) is 7.43. The van der Waals surface area contributed by atoms with Crippen LogP contribution in [-0.2, 0) is 4.79 Å². The summed E-state index contributed by atoms with van der Waals surface area (Å²) in [4.78, 5) is 14.3. The maximum Gasteiger partial charge on any atom is 0.227 e. The van der Waals surface area contributed by atoms with Gasteiger partial charge in [0, 0.05) is 18.6 Å². The van der Waals surface area contributed by atoms with Gasteiger partial charge in [0.05, 0.1) is 5.92 Å². The number of nitrogens with zero attached hydrogens (tertiary/aromatic N) is 1. The number of nitrogens with two attached hydrogens (primary N) is 1. The average Bonchev–Trinajstić information content (AvgIpc) is 3.00. The highest BCUT2D eigenvalue weighted by Gasteiger charge is 2.34. The summed E-state index contributed by atoms with van der Waals surface area (Å²) in [6.07, 6.45) is 3.44. The van der Waals surface area contributed by atoms with Crippen LogP contribution in [0.15, 0.2) is 0 Å². The number of amides is 1. The van der Waals surface area contributed by atoms with Crippen LogP contribution in [0.25, 0.3) is 0 Å². The highest BCUT2D eigenvalue weighted by atomic mass is 35.5. The van der Waals surface area contributed by atoms with Crippen LogP contribution in [0.2, 0.25) is 0 Å². The van der Waals surface area contributed by atoms with Crippen LogP contribution in [0.1, 0.15) is 47.0 Å². The van der Waals surface area contributed by atoms with Crippen molar-refractivity contribution in [2.75, 3.05) is 6.54 Å². The molecule has 0 aromatic heterocycles. The molecule has 2 unspecified atom stereocenters. The predicted octanol–water partition coefficient (Wildman–Crippen LogP) is 2.43. The Morgan fingerprint density at radius 3 is 2.18 bits per heavy atom. The Bertz CT molecular complexity index is 240. The quantitative estimate of drug-likeness (QED) is 0.799. The van der Waals surface area contributed by atoms with Crippen molar-refractivity contribution in [1.29, 1.82) is 0 Å². The van der Waals surface area contributed by atoms with Gasteiger partial charge < -0.3 is 10.6 Å². The summed E-state index contributed by atoms with van der Waals surface area (Å²) in [6, 6.07) is 0.459. The van der Waals surface area contributed by atoms with E-state index in [9.17, 15) is 4.79 Å². The molecule has 0 radical (unpaired) electrons. The largest absolute Gasteiger partial charge is 0.339 e. The molecule has 102 valence electrons. The molecule has 1 rings (SSSR count). The molecule has 0 aromatic rings. The molecule has 1 aliphatic rings. The SMILES string of the molecule is CC(C)CCN(C(=O)C(C)C(C)N)C1CC1.Cl. The van der Waals surface area contributed by atoms with Crippen LogP contribution in [0.5, 0.6) is 0 Å². The molecule has 0 aromatic carbocycles. The lowest BCUT2D eigenvalue weighted by Crippen LogP contribution is -2.43. The Kier molecular flexibility index (Phi) is 7.10. The van der Waals surface area contributed by atoms with Gasteiger partial charge in [-0.2, -0.15) is 0 Å². The van der Waals surface area contributed by atoms with Crippen molar-refractivity contribution in [2.45, 2.75) is 59.0 Å². The third-order valence-corrected chi connectivity index (χ3v) is 3.40. The molecule has 1 fully saturated rings. The van der Waals surface area contributed by atoms with E-state index in [0.29, 0.717) is 12.0 Å². The van der Waals surface area contributed by atoms with Crippen molar-refractivity contribution in [2.24, 2.45) is 17.6 Å². The first-order valence-corrected chi connectivity index (χ1v) is 6.49. The summed E-state index contributed by atoms with van der Waals surface area (Å²) in [5, 5.41) is 0. The van der Waals surface area contributed by atoms with Crippen molar-refractivity contribution in [3.8, 4) is 0 Å². The normalized spacial score (nSPS) is 18.5. The molecular weight excluding hydrogens is 236 g/mol. The van der Waals surface area contributed by atoms with E-state index in [4.69, 9.17) is 5.73 Å². The molecule has 1 aliphatic carbocycles. The molecule has 0 heterocycles. The standard InChI is InChI=1S/C13H26N2O.ClH/c1-9(2)7-8-15(12-5-6-12)13(16)10(3)11(4)14;/h9-12H,5-8,14H2,1-4H3;1H. The fourth-order valence-corrected chi connectivity index (χ4v) is 1.74. The van der Waals surface area contributed by atoms with Gasteiger partial charge in [0.25, 0.3) is 0 Å². The Morgan fingerprint density at radius 1 is 1.29 bits per heavy atom. The smallest absolute Gasteiger partial charge is 0.227 e. The van der Waals surface area contributed by atoms with E-state index in [1.54, 1.807) is 0 Å². The zero-order valence-electron chi connectivity index (χ0n) is 11.5. The van der Waals surface area contributed by atoms with Gasteiger partial charge in [-0.1, -0.05) is 20.8 Å². The van der Waals surface area contributed by atoms with Gasteiger partial charge in [0.2, 0.25) is 5.91 Å². The van der Waals surface area contributed by atoms with Crippen LogP contribution >= 0.6 is 12.4 Å². The summed E-state index contributed by atoms with van der Waals surface area (Å²) >= 11 is 0. The lowest BCUT2D eigenvalue weighted by atomic mass is 10.0. The topological polar surface area (TPSA) is 46.3 Å². The third-order valence-electron chi connectivity index (χ3n) is 3.40. The van der Waals surface area contributed by atoms with E-state index >= 15 is 0 Å². The third kappa shape index (κ3) is 5.26. The molecule has 2 N–H and O–H groups in total. The van der Waals surface area contributed by atoms with Gasteiger partial charge in [0.15, 0.2) is 0 Å². The molecule has 0 aliphatic heterocycles. The van der Waals surface area contributed by atoms with Gasteiger partial charge in [-0.05, 0) is 32.1 Å². The van der Waals surface area contributed by atoms with Crippen LogP contribution in [-0.4, -0.2) is 29.4 Å². The molecule has 0 saturated heterocycles. The van der Waals surface area contributed by atoms with E-state index in [1.165, 1.54) is 12.8 Å². The van der Waals surface area contributed by atoms with E-state index in [0.717, 1.165) is 13.0 Å². The van der Waals surface area contributed by atoms with Crippen molar-refractivity contribution >= 4 is 18.3 Å². The molecule has 4 heteroatoms. The van der Waals surface area contributed by atoms with E-state index in [2.05, 4.69) is 18.7 Å². The molecule has 2 atom stereocenters. The summed E-state index contributed by atoms with van der Waals surface area (Å²) in [6.45, 7) is 9.15. The second-order valence-corrected chi connectivity index (χ2v) is 5.59. The van der Waals surface area contributed by atoms with Gasteiger partial charge in [-0.3, -0.25) is 4.79 Å². The second-order valence-electron chi connectivity index (χ2n) is 5.59. The van der Waals surface area contributed by atoms with E-state index in [1.807, 2.05) is 13.8 Å². The van der Waals surface area contributed by atoms with Crippen molar-refractivity contribution < 1.29 is 4.79 Å². The molecule has 1 saturated carbocycles. The zero-order chi connectivity index (χ0) is 12.3. The lowest BCUT2D eigenvalue weighted by Gasteiger charge is -2.28. The van der Waals surface area contributed by atoms with Crippen LogP contribution in [0.4, 0.5) is 0 Å². The molecule has 0 bridgehead atoms. The highest BCUT2D eigenvalue weighted by molar-refractivity contribution is 5.85. The fourth-order valence-electron chi connectivity index (χ4n) is 1.74. The minimum atomic E-state index is -0.0484. The van der Waals surface area contributed by atoms with E-state index < -0.39 is 0 Å². The van der Waals surface area contributed by atoms with Gasteiger partial charge in [-0.15, -0.1) is 12.4 Å². The number of carbonyl (C=O) groups excluding carboxylic acids is 1. The lowest BCUT2D eigenvalue weighted by molar-refractivity contribution is -0.136. The maximum absolute atomic E-state index is 12.2. The Balaban J connectivity index is 0.00000256. The first kappa shape index (κ1) is 16.7. The molecule has 1 amide bonds. The minimum absolute atomic E-state index is 0. The molecular formula is C13H27ClN2O. The highest BCUT2D eigenvalue weighted by Crippen LogP contribution is 2.29. The number of halogens is 1. The monoisotopic (exact) mass is 262 g/mol. The van der Waals surface area contributed by atoms with Crippen molar-refractivity contribution in [1.82, 2.24) is 4.90 Å². The summed E-state index contributed by atoms with van der Waals surface area (Å²) in [7, 11) is 0. The maximum atomic E-state index is 12.2. The fraction of sp³-hybridized carbons (Fsp3) is 0.923. The number of carbonyl (C=O) groups is 1. The summed E-state index contributed by atoms with van der Waals surface area (Å²) < 4.78 is 0. The summed E-state index contributed by atoms with van der Waals surface area (Å²) in [5.41, 5.74) is 5.80. The Morgan fingerprint density at radius 2 is 1.82 bits per heavy atom. The van der Waals surface area contributed by atoms with Gasteiger partial charge in [0.1, 0.15) is 0 Å². The molecule has 17 heavy (non-hydrogen) atoms. The van der Waals surface area contributed by atoms with Crippen molar-refractivity contribution in [3.05, 3.63) is 0 Å². The second kappa shape index (κ2) is 7.22. The molecule has 0 spiro atoms. The summed E-state index contributed by atoms with van der Waals surface area (Å²) in [5.74, 6) is 0.852. The zero-order valence-corrected chi connectivity index (χ0v) is 12.3. The van der Waals surface area contributed by atoms with Crippen LogP contribution in [0.3, 0.4) is 0 Å². The number of hydrogen-bond acceptors (Lipinski definition) is 2.